The van der Waals surface area contributed by atoms with Gasteiger partial charge in [-0.15, -0.1) is 0 Å². The third-order valence-corrected chi connectivity index (χ3v) is 5.14. The van der Waals surface area contributed by atoms with Crippen LogP contribution in [0.15, 0.2) is 0 Å². The fourth-order valence-electron chi connectivity index (χ4n) is 3.21. The van der Waals surface area contributed by atoms with Crippen molar-refractivity contribution in [3.63, 3.8) is 0 Å². The summed E-state index contributed by atoms with van der Waals surface area (Å²) in [6.07, 6.45) is 4.90. The van der Waals surface area contributed by atoms with Crippen LogP contribution in [0.4, 0.5) is 0 Å². The second-order valence-corrected chi connectivity index (χ2v) is 6.97. The molecule has 0 radical (unpaired) electrons. The molecule has 2 aliphatic carbocycles. The van der Waals surface area contributed by atoms with Crippen molar-refractivity contribution in [3.8, 4) is 0 Å². The third-order valence-electron chi connectivity index (χ3n) is 5.14. The zero-order valence-corrected chi connectivity index (χ0v) is 12.2. The number of hydrogen-bond acceptors (Lipinski definition) is 2. The molecule has 0 aromatic heterocycles. The number of aliphatic carboxylic acids is 1. The zero-order valence-electron chi connectivity index (χ0n) is 12.2. The molecule has 4 heteroatoms. The molecule has 19 heavy (non-hydrogen) atoms. The minimum absolute atomic E-state index is 0.00683. The Morgan fingerprint density at radius 2 is 1.79 bits per heavy atom. The second-order valence-electron chi connectivity index (χ2n) is 6.97. The van der Waals surface area contributed by atoms with E-state index in [0.29, 0.717) is 18.8 Å². The van der Waals surface area contributed by atoms with Gasteiger partial charge in [0.15, 0.2) is 0 Å². The highest BCUT2D eigenvalue weighted by Crippen LogP contribution is 2.52. The average molecular weight is 267 g/mol. The lowest BCUT2D eigenvalue weighted by molar-refractivity contribution is -0.150. The monoisotopic (exact) mass is 267 g/mol. The Hall–Kier alpha value is -1.06. The lowest BCUT2D eigenvalue weighted by atomic mass is 9.75. The summed E-state index contributed by atoms with van der Waals surface area (Å²) in [6.45, 7) is 6.25. The molecule has 2 aliphatic rings. The van der Waals surface area contributed by atoms with Crippen LogP contribution < -0.4 is 5.32 Å². The largest absolute Gasteiger partial charge is 0.480 e. The summed E-state index contributed by atoms with van der Waals surface area (Å²) in [5.41, 5.74) is -0.966. The van der Waals surface area contributed by atoms with Crippen LogP contribution >= 0.6 is 0 Å². The molecule has 0 aliphatic heterocycles. The normalized spacial score (nSPS) is 36.6. The SMILES string of the molecule is CCC1CCC(NC(=O)C2CC2(C)C)(C(=O)O)CC1. The van der Waals surface area contributed by atoms with Crippen LogP contribution in [0.5, 0.6) is 0 Å². The summed E-state index contributed by atoms with van der Waals surface area (Å²) in [7, 11) is 0. The zero-order chi connectivity index (χ0) is 14.3. The van der Waals surface area contributed by atoms with E-state index >= 15 is 0 Å². The highest BCUT2D eigenvalue weighted by Gasteiger charge is 2.53. The summed E-state index contributed by atoms with van der Waals surface area (Å²) in [6, 6.07) is 0. The van der Waals surface area contributed by atoms with Gasteiger partial charge in [0, 0.05) is 5.92 Å². The molecule has 108 valence electrons. The van der Waals surface area contributed by atoms with E-state index < -0.39 is 11.5 Å². The molecule has 0 heterocycles. The number of carbonyl (C=O) groups is 2. The second kappa shape index (κ2) is 4.80. The number of carbonyl (C=O) groups excluding carboxylic acids is 1. The van der Waals surface area contributed by atoms with E-state index in [1.165, 1.54) is 0 Å². The van der Waals surface area contributed by atoms with Gasteiger partial charge in [0.25, 0.3) is 0 Å². The standard InChI is InChI=1S/C15H25NO3/c1-4-10-5-7-15(8-6-10,13(18)19)16-12(17)11-9-14(11,2)3/h10-11H,4-9H2,1-3H3,(H,16,17)(H,18,19). The summed E-state index contributed by atoms with van der Waals surface area (Å²) in [5, 5.41) is 12.4. The molecule has 0 saturated heterocycles. The molecule has 1 amide bonds. The van der Waals surface area contributed by atoms with Crippen LogP contribution in [0.1, 0.15) is 59.3 Å². The first-order valence-corrected chi connectivity index (χ1v) is 7.36. The van der Waals surface area contributed by atoms with Crippen molar-refractivity contribution in [3.05, 3.63) is 0 Å². The van der Waals surface area contributed by atoms with Crippen LogP contribution in [0, 0.1) is 17.3 Å². The van der Waals surface area contributed by atoms with E-state index in [2.05, 4.69) is 26.1 Å². The molecular weight excluding hydrogens is 242 g/mol. The van der Waals surface area contributed by atoms with E-state index in [1.807, 2.05) is 0 Å². The molecule has 2 rings (SSSR count). The smallest absolute Gasteiger partial charge is 0.329 e. The van der Waals surface area contributed by atoms with E-state index in [4.69, 9.17) is 0 Å². The van der Waals surface area contributed by atoms with Crippen LogP contribution in [0.25, 0.3) is 0 Å². The predicted octanol–water partition coefficient (Wildman–Crippen LogP) is 2.57. The van der Waals surface area contributed by atoms with Crippen molar-refractivity contribution in [2.75, 3.05) is 0 Å². The van der Waals surface area contributed by atoms with Crippen molar-refractivity contribution in [1.29, 1.82) is 0 Å². The molecular formula is C15H25NO3. The van der Waals surface area contributed by atoms with Crippen molar-refractivity contribution in [2.24, 2.45) is 17.3 Å². The predicted molar refractivity (Wildman–Crippen MR) is 72.6 cm³/mol. The Kier molecular flexibility index (Phi) is 3.63. The van der Waals surface area contributed by atoms with Crippen LogP contribution in [0.2, 0.25) is 0 Å². The maximum atomic E-state index is 12.2. The molecule has 2 N–H and O–H groups in total. The Morgan fingerprint density at radius 3 is 2.16 bits per heavy atom. The molecule has 0 bridgehead atoms. The van der Waals surface area contributed by atoms with Crippen molar-refractivity contribution >= 4 is 11.9 Å². The lowest BCUT2D eigenvalue weighted by Gasteiger charge is -2.37. The van der Waals surface area contributed by atoms with E-state index in [0.717, 1.165) is 25.7 Å². The van der Waals surface area contributed by atoms with Gasteiger partial charge in [-0.25, -0.2) is 4.79 Å². The fraction of sp³-hybridized carbons (Fsp3) is 0.867. The molecule has 2 fully saturated rings. The van der Waals surface area contributed by atoms with Gasteiger partial charge < -0.3 is 10.4 Å². The van der Waals surface area contributed by atoms with Gasteiger partial charge in [-0.3, -0.25) is 4.79 Å². The summed E-state index contributed by atoms with van der Waals surface area (Å²) in [4.78, 5) is 23.8. The van der Waals surface area contributed by atoms with Crippen LogP contribution in [-0.4, -0.2) is 22.5 Å². The number of hydrogen-bond donors (Lipinski definition) is 2. The number of carboxylic acid groups (broad SMARTS) is 1. The fourth-order valence-corrected chi connectivity index (χ4v) is 3.21. The first-order valence-electron chi connectivity index (χ1n) is 7.36. The molecule has 4 nitrogen and oxygen atoms in total. The minimum atomic E-state index is -1.01. The van der Waals surface area contributed by atoms with Crippen LogP contribution in [-0.2, 0) is 9.59 Å². The maximum Gasteiger partial charge on any atom is 0.329 e. The maximum absolute atomic E-state index is 12.2. The Balaban J connectivity index is 2.01. The number of rotatable bonds is 4. The first kappa shape index (κ1) is 14.4. The highest BCUT2D eigenvalue weighted by molar-refractivity contribution is 5.89. The summed E-state index contributed by atoms with van der Waals surface area (Å²) < 4.78 is 0. The van der Waals surface area contributed by atoms with Gasteiger partial charge in [0.05, 0.1) is 0 Å². The summed E-state index contributed by atoms with van der Waals surface area (Å²) >= 11 is 0. The van der Waals surface area contributed by atoms with Gasteiger partial charge in [-0.2, -0.15) is 0 Å². The molecule has 2 saturated carbocycles. The quantitative estimate of drug-likeness (QED) is 0.822. The molecule has 1 atom stereocenters. The highest BCUT2D eigenvalue weighted by atomic mass is 16.4. The molecule has 0 aromatic rings. The Morgan fingerprint density at radius 1 is 1.26 bits per heavy atom. The Labute approximate surface area is 115 Å². The van der Waals surface area contributed by atoms with E-state index in [1.54, 1.807) is 0 Å². The first-order chi connectivity index (χ1) is 8.81. The number of carboxylic acids is 1. The van der Waals surface area contributed by atoms with Gasteiger partial charge in [0.1, 0.15) is 5.54 Å². The minimum Gasteiger partial charge on any atom is -0.480 e. The van der Waals surface area contributed by atoms with Crippen molar-refractivity contribution in [2.45, 2.75) is 64.8 Å². The average Bonchev–Trinajstić information content (AvgIpc) is 2.99. The molecule has 0 aromatic carbocycles. The third kappa shape index (κ3) is 2.77. The molecule has 1 unspecified atom stereocenters. The van der Waals surface area contributed by atoms with Crippen molar-refractivity contribution in [1.82, 2.24) is 5.32 Å². The molecule has 0 spiro atoms. The van der Waals surface area contributed by atoms with Gasteiger partial charge in [-0.1, -0.05) is 27.2 Å². The van der Waals surface area contributed by atoms with E-state index in [-0.39, 0.29) is 17.2 Å². The number of nitrogens with one attached hydrogen (secondary N) is 1. The lowest BCUT2D eigenvalue weighted by Crippen LogP contribution is -2.57. The summed E-state index contributed by atoms with van der Waals surface area (Å²) in [5.74, 6) is -0.328. The van der Waals surface area contributed by atoms with E-state index in [9.17, 15) is 14.7 Å². The van der Waals surface area contributed by atoms with Crippen molar-refractivity contribution < 1.29 is 14.7 Å². The van der Waals surface area contributed by atoms with Crippen LogP contribution in [0.3, 0.4) is 0 Å². The topological polar surface area (TPSA) is 66.4 Å². The van der Waals surface area contributed by atoms with Gasteiger partial charge in [-0.05, 0) is 43.4 Å². The number of amides is 1. The Bertz CT molecular complexity index is 381. The van der Waals surface area contributed by atoms with Gasteiger partial charge in [0.2, 0.25) is 5.91 Å². The van der Waals surface area contributed by atoms with Gasteiger partial charge >= 0.3 is 5.97 Å².